The molecule has 0 bridgehead atoms. The average Bonchev–Trinajstić information content (AvgIpc) is 2.30. The van der Waals surface area contributed by atoms with Crippen LogP contribution < -0.4 is 5.73 Å². The Kier molecular flexibility index (Phi) is 4.07. The predicted molar refractivity (Wildman–Crippen MR) is 62.0 cm³/mol. The number of hydrogen-bond acceptors (Lipinski definition) is 5. The Morgan fingerprint density at radius 1 is 1.38 bits per heavy atom. The summed E-state index contributed by atoms with van der Waals surface area (Å²) < 4.78 is 5.30. The minimum atomic E-state index is 0.365. The molecule has 88 valence electrons. The lowest BCUT2D eigenvalue weighted by Gasteiger charge is -2.26. The standard InChI is InChI=1S/C11H18N4O/c12-11-13-4-3-10(14-11)2-1-5-15-6-8-16-9-7-15/h3-4H,1-2,5-9H2,(H2,12,13,14). The molecule has 2 rings (SSSR count). The van der Waals surface area contributed by atoms with E-state index in [9.17, 15) is 0 Å². The van der Waals surface area contributed by atoms with E-state index < -0.39 is 0 Å². The summed E-state index contributed by atoms with van der Waals surface area (Å²) in [6.45, 7) is 4.92. The van der Waals surface area contributed by atoms with E-state index in [1.165, 1.54) is 0 Å². The van der Waals surface area contributed by atoms with Crippen LogP contribution in [0.4, 0.5) is 5.95 Å². The normalized spacial score (nSPS) is 17.5. The number of ether oxygens (including phenoxy) is 1. The number of morpholine rings is 1. The van der Waals surface area contributed by atoms with Gasteiger partial charge in [0, 0.05) is 25.0 Å². The fraction of sp³-hybridized carbons (Fsp3) is 0.636. The highest BCUT2D eigenvalue weighted by atomic mass is 16.5. The third-order valence-corrected chi connectivity index (χ3v) is 2.74. The SMILES string of the molecule is Nc1nccc(CCCN2CCOCC2)n1. The summed E-state index contributed by atoms with van der Waals surface area (Å²) in [5, 5.41) is 0. The van der Waals surface area contributed by atoms with Crippen LogP contribution in [-0.2, 0) is 11.2 Å². The second kappa shape index (κ2) is 5.77. The highest BCUT2D eigenvalue weighted by molar-refractivity contribution is 5.17. The largest absolute Gasteiger partial charge is 0.379 e. The molecule has 1 aliphatic heterocycles. The van der Waals surface area contributed by atoms with Crippen molar-refractivity contribution in [3.05, 3.63) is 18.0 Å². The molecule has 1 aromatic rings. The van der Waals surface area contributed by atoms with Gasteiger partial charge in [0.2, 0.25) is 5.95 Å². The zero-order valence-corrected chi connectivity index (χ0v) is 9.43. The molecule has 0 aromatic carbocycles. The van der Waals surface area contributed by atoms with E-state index in [0.29, 0.717) is 5.95 Å². The van der Waals surface area contributed by atoms with Gasteiger partial charge in [-0.3, -0.25) is 4.90 Å². The van der Waals surface area contributed by atoms with Crippen LogP contribution in [0.25, 0.3) is 0 Å². The van der Waals surface area contributed by atoms with Gasteiger partial charge in [0.25, 0.3) is 0 Å². The molecule has 5 nitrogen and oxygen atoms in total. The first-order valence-corrected chi connectivity index (χ1v) is 5.72. The van der Waals surface area contributed by atoms with Gasteiger partial charge in [-0.25, -0.2) is 9.97 Å². The van der Waals surface area contributed by atoms with Crippen molar-refractivity contribution in [2.24, 2.45) is 0 Å². The number of anilines is 1. The van der Waals surface area contributed by atoms with Gasteiger partial charge in [-0.05, 0) is 25.5 Å². The van der Waals surface area contributed by atoms with Gasteiger partial charge >= 0.3 is 0 Å². The van der Waals surface area contributed by atoms with Crippen molar-refractivity contribution < 1.29 is 4.74 Å². The number of aryl methyl sites for hydroxylation is 1. The van der Waals surface area contributed by atoms with Crippen molar-refractivity contribution in [2.75, 3.05) is 38.6 Å². The zero-order chi connectivity index (χ0) is 11.2. The molecule has 2 heterocycles. The first-order chi connectivity index (χ1) is 7.84. The molecule has 0 saturated carbocycles. The molecule has 1 aromatic heterocycles. The number of nitrogen functional groups attached to an aromatic ring is 1. The van der Waals surface area contributed by atoms with Gasteiger partial charge in [0.1, 0.15) is 0 Å². The lowest BCUT2D eigenvalue weighted by molar-refractivity contribution is 0.0374. The lowest BCUT2D eigenvalue weighted by atomic mass is 10.2. The van der Waals surface area contributed by atoms with Gasteiger partial charge in [0.05, 0.1) is 13.2 Å². The zero-order valence-electron chi connectivity index (χ0n) is 9.43. The Bertz CT molecular complexity index is 326. The second-order valence-corrected chi connectivity index (χ2v) is 3.96. The Balaban J connectivity index is 1.71. The number of rotatable bonds is 4. The van der Waals surface area contributed by atoms with E-state index in [-0.39, 0.29) is 0 Å². The van der Waals surface area contributed by atoms with Gasteiger partial charge in [-0.1, -0.05) is 0 Å². The molecule has 2 N–H and O–H groups in total. The van der Waals surface area contributed by atoms with Crippen LogP contribution in [0.2, 0.25) is 0 Å². The first-order valence-electron chi connectivity index (χ1n) is 5.72. The molecule has 16 heavy (non-hydrogen) atoms. The van der Waals surface area contributed by atoms with Crippen LogP contribution in [0.1, 0.15) is 12.1 Å². The smallest absolute Gasteiger partial charge is 0.220 e. The van der Waals surface area contributed by atoms with Crippen LogP contribution >= 0.6 is 0 Å². The maximum atomic E-state index is 5.52. The van der Waals surface area contributed by atoms with Gasteiger partial charge in [-0.15, -0.1) is 0 Å². The van der Waals surface area contributed by atoms with Crippen LogP contribution in [0, 0.1) is 0 Å². The highest BCUT2D eigenvalue weighted by Gasteiger charge is 2.09. The van der Waals surface area contributed by atoms with Gasteiger partial charge in [-0.2, -0.15) is 0 Å². The molecule has 0 radical (unpaired) electrons. The van der Waals surface area contributed by atoms with Gasteiger partial charge < -0.3 is 10.5 Å². The monoisotopic (exact) mass is 222 g/mol. The van der Waals surface area contributed by atoms with E-state index >= 15 is 0 Å². The van der Waals surface area contributed by atoms with Gasteiger partial charge in [0.15, 0.2) is 0 Å². The third kappa shape index (κ3) is 3.43. The Morgan fingerprint density at radius 2 is 2.19 bits per heavy atom. The van der Waals surface area contributed by atoms with E-state index in [4.69, 9.17) is 10.5 Å². The van der Waals surface area contributed by atoms with Crippen molar-refractivity contribution in [3.63, 3.8) is 0 Å². The number of nitrogens with zero attached hydrogens (tertiary/aromatic N) is 3. The van der Waals surface area contributed by atoms with Crippen molar-refractivity contribution in [3.8, 4) is 0 Å². The Labute approximate surface area is 95.6 Å². The van der Waals surface area contributed by atoms with Crippen LogP contribution in [0.3, 0.4) is 0 Å². The molecular formula is C11H18N4O. The predicted octanol–water partition coefficient (Wildman–Crippen LogP) is 0.324. The minimum Gasteiger partial charge on any atom is -0.379 e. The summed E-state index contributed by atoms with van der Waals surface area (Å²) in [5.41, 5.74) is 6.55. The second-order valence-electron chi connectivity index (χ2n) is 3.96. The summed E-state index contributed by atoms with van der Waals surface area (Å²) in [6, 6.07) is 1.93. The minimum absolute atomic E-state index is 0.365. The molecule has 1 fully saturated rings. The first kappa shape index (κ1) is 11.3. The molecule has 0 amide bonds. The fourth-order valence-corrected chi connectivity index (χ4v) is 1.86. The lowest BCUT2D eigenvalue weighted by Crippen LogP contribution is -2.36. The number of hydrogen-bond donors (Lipinski definition) is 1. The Morgan fingerprint density at radius 3 is 2.94 bits per heavy atom. The Hall–Kier alpha value is -1.20. The average molecular weight is 222 g/mol. The molecular weight excluding hydrogens is 204 g/mol. The van der Waals surface area contributed by atoms with Crippen LogP contribution in [0.5, 0.6) is 0 Å². The number of nitrogens with two attached hydrogens (primary N) is 1. The van der Waals surface area contributed by atoms with Crippen molar-refractivity contribution in [1.82, 2.24) is 14.9 Å². The molecule has 0 aliphatic carbocycles. The fourth-order valence-electron chi connectivity index (χ4n) is 1.86. The topological polar surface area (TPSA) is 64.3 Å². The molecule has 0 atom stereocenters. The van der Waals surface area contributed by atoms with E-state index in [1.807, 2.05) is 6.07 Å². The maximum absolute atomic E-state index is 5.52. The maximum Gasteiger partial charge on any atom is 0.220 e. The van der Waals surface area contributed by atoms with Crippen LogP contribution in [-0.4, -0.2) is 47.7 Å². The molecule has 1 saturated heterocycles. The summed E-state index contributed by atoms with van der Waals surface area (Å²) >= 11 is 0. The summed E-state index contributed by atoms with van der Waals surface area (Å²) in [6.07, 6.45) is 3.78. The van der Waals surface area contributed by atoms with Crippen molar-refractivity contribution in [1.29, 1.82) is 0 Å². The van der Waals surface area contributed by atoms with Crippen molar-refractivity contribution >= 4 is 5.95 Å². The molecule has 5 heteroatoms. The van der Waals surface area contributed by atoms with Crippen molar-refractivity contribution in [2.45, 2.75) is 12.8 Å². The molecule has 0 unspecified atom stereocenters. The summed E-state index contributed by atoms with van der Waals surface area (Å²) in [4.78, 5) is 10.5. The van der Waals surface area contributed by atoms with E-state index in [0.717, 1.165) is 51.4 Å². The molecule has 1 aliphatic rings. The van der Waals surface area contributed by atoms with Crippen LogP contribution in [0.15, 0.2) is 12.3 Å². The highest BCUT2D eigenvalue weighted by Crippen LogP contribution is 2.03. The van der Waals surface area contributed by atoms with E-state index in [1.54, 1.807) is 6.20 Å². The quantitative estimate of drug-likeness (QED) is 0.795. The summed E-state index contributed by atoms with van der Waals surface area (Å²) in [7, 11) is 0. The number of aromatic nitrogens is 2. The summed E-state index contributed by atoms with van der Waals surface area (Å²) in [5.74, 6) is 0.365. The molecule has 0 spiro atoms. The van der Waals surface area contributed by atoms with E-state index in [2.05, 4.69) is 14.9 Å². The third-order valence-electron chi connectivity index (χ3n) is 2.74.